The van der Waals surface area contributed by atoms with Crippen molar-refractivity contribution in [3.05, 3.63) is 36.2 Å². The lowest BCUT2D eigenvalue weighted by Gasteiger charge is -2.23. The van der Waals surface area contributed by atoms with E-state index < -0.39 is 0 Å². The Kier molecular flexibility index (Phi) is 4.68. The number of rotatable bonds is 5. The van der Waals surface area contributed by atoms with Crippen molar-refractivity contribution in [2.24, 2.45) is 0 Å². The number of carbonyl (C=O) groups excluding carboxylic acids is 1. The van der Waals surface area contributed by atoms with Crippen LogP contribution >= 0.6 is 0 Å². The molecule has 2 aromatic rings. The lowest BCUT2D eigenvalue weighted by atomic mass is 10.1. The number of aromatic nitrogens is 2. The molecule has 7 nitrogen and oxygen atoms in total. The summed E-state index contributed by atoms with van der Waals surface area (Å²) in [4.78, 5) is 18.6. The minimum atomic E-state index is -0.0220. The summed E-state index contributed by atoms with van der Waals surface area (Å²) in [6, 6.07) is 7.21. The fraction of sp³-hybridized carbons (Fsp3) is 0.438. The zero-order valence-electron chi connectivity index (χ0n) is 13.1. The number of amides is 1. The molecule has 0 aliphatic carbocycles. The maximum absolute atomic E-state index is 12.8. The lowest BCUT2D eigenvalue weighted by Crippen LogP contribution is -2.38. The van der Waals surface area contributed by atoms with Crippen LogP contribution in [0.1, 0.15) is 16.8 Å². The van der Waals surface area contributed by atoms with Gasteiger partial charge in [-0.3, -0.25) is 4.79 Å². The average Bonchev–Trinajstić information content (AvgIpc) is 3.24. The van der Waals surface area contributed by atoms with Crippen LogP contribution in [0.4, 0.5) is 0 Å². The number of hydrogen-bond acceptors (Lipinski definition) is 6. The van der Waals surface area contributed by atoms with E-state index in [0.29, 0.717) is 24.5 Å². The number of carbonyl (C=O) groups is 1. The van der Waals surface area contributed by atoms with E-state index in [1.807, 2.05) is 17.0 Å². The van der Waals surface area contributed by atoms with Crippen LogP contribution in [-0.4, -0.2) is 60.5 Å². The van der Waals surface area contributed by atoms with Gasteiger partial charge in [0.1, 0.15) is 0 Å². The van der Waals surface area contributed by atoms with Gasteiger partial charge in [0.2, 0.25) is 12.2 Å². The molecule has 1 aliphatic heterocycles. The van der Waals surface area contributed by atoms with Crippen LogP contribution in [0, 0.1) is 0 Å². The number of benzene rings is 1. The first-order valence-corrected chi connectivity index (χ1v) is 7.42. The summed E-state index contributed by atoms with van der Waals surface area (Å²) in [7, 11) is 3.31. The van der Waals surface area contributed by atoms with Crippen molar-refractivity contribution < 1.29 is 18.8 Å². The van der Waals surface area contributed by atoms with Gasteiger partial charge in [-0.15, -0.1) is 0 Å². The molecular weight excluding hydrogens is 298 g/mol. The summed E-state index contributed by atoms with van der Waals surface area (Å²) in [6.45, 7) is 1.09. The Bertz CT molecular complexity index is 642. The highest BCUT2D eigenvalue weighted by atomic mass is 16.5. The third kappa shape index (κ3) is 3.25. The predicted octanol–water partition coefficient (Wildman–Crippen LogP) is 1.61. The van der Waals surface area contributed by atoms with E-state index in [9.17, 15) is 4.79 Å². The van der Waals surface area contributed by atoms with Crippen LogP contribution in [0.5, 0.6) is 0 Å². The van der Waals surface area contributed by atoms with Crippen LogP contribution in [-0.2, 0) is 9.47 Å². The predicted molar refractivity (Wildman–Crippen MR) is 81.8 cm³/mol. The van der Waals surface area contributed by atoms with Crippen molar-refractivity contribution in [2.45, 2.75) is 18.6 Å². The zero-order chi connectivity index (χ0) is 16.2. The van der Waals surface area contributed by atoms with Crippen LogP contribution in [0.3, 0.4) is 0 Å². The van der Waals surface area contributed by atoms with Gasteiger partial charge >= 0.3 is 0 Å². The topological polar surface area (TPSA) is 77.7 Å². The Labute approximate surface area is 134 Å². The van der Waals surface area contributed by atoms with Crippen molar-refractivity contribution in [1.82, 2.24) is 15.0 Å². The Morgan fingerprint density at radius 3 is 2.74 bits per heavy atom. The Hall–Kier alpha value is -2.25. The molecule has 2 heterocycles. The minimum Gasteiger partial charge on any atom is -0.383 e. The third-order valence-electron chi connectivity index (χ3n) is 4.08. The molecular formula is C16H19N3O4. The zero-order valence-corrected chi connectivity index (χ0v) is 13.1. The van der Waals surface area contributed by atoms with E-state index in [-0.39, 0.29) is 18.1 Å². The van der Waals surface area contributed by atoms with Gasteiger partial charge in [0, 0.05) is 31.9 Å². The third-order valence-corrected chi connectivity index (χ3v) is 4.08. The van der Waals surface area contributed by atoms with Crippen molar-refractivity contribution in [3.63, 3.8) is 0 Å². The van der Waals surface area contributed by atoms with E-state index in [1.165, 1.54) is 6.39 Å². The van der Waals surface area contributed by atoms with Gasteiger partial charge in [0.15, 0.2) is 0 Å². The van der Waals surface area contributed by atoms with Gasteiger partial charge in [-0.1, -0.05) is 17.3 Å². The molecule has 1 aliphatic rings. The van der Waals surface area contributed by atoms with Crippen molar-refractivity contribution in [1.29, 1.82) is 0 Å². The summed E-state index contributed by atoms with van der Waals surface area (Å²) in [5.74, 6) is 0.480. The second kappa shape index (κ2) is 6.89. The highest BCUT2D eigenvalue weighted by Gasteiger charge is 2.35. The molecule has 0 bridgehead atoms. The van der Waals surface area contributed by atoms with E-state index >= 15 is 0 Å². The summed E-state index contributed by atoms with van der Waals surface area (Å²) < 4.78 is 15.4. The summed E-state index contributed by atoms with van der Waals surface area (Å²) in [5, 5.41) is 3.78. The molecule has 0 unspecified atom stereocenters. The Morgan fingerprint density at radius 2 is 2.13 bits per heavy atom. The van der Waals surface area contributed by atoms with Crippen molar-refractivity contribution in [3.8, 4) is 11.4 Å². The van der Waals surface area contributed by atoms with Crippen LogP contribution < -0.4 is 0 Å². The van der Waals surface area contributed by atoms with Crippen LogP contribution in [0.15, 0.2) is 35.2 Å². The smallest absolute Gasteiger partial charge is 0.254 e. The number of nitrogens with zero attached hydrogens (tertiary/aromatic N) is 3. The SMILES string of the molecule is COC[C@@H]1C[C@@H](OC)CN1C(=O)c1ccc(-c2ncon2)cc1. The van der Waals surface area contributed by atoms with E-state index in [2.05, 4.69) is 10.1 Å². The number of methoxy groups -OCH3 is 2. The molecule has 0 radical (unpaired) electrons. The molecule has 0 saturated carbocycles. The highest BCUT2D eigenvalue weighted by molar-refractivity contribution is 5.95. The normalized spacial score (nSPS) is 20.9. The molecule has 23 heavy (non-hydrogen) atoms. The van der Waals surface area contributed by atoms with Gasteiger partial charge in [-0.25, -0.2) is 0 Å². The monoisotopic (exact) mass is 317 g/mol. The molecule has 1 saturated heterocycles. The first-order chi connectivity index (χ1) is 11.2. The lowest BCUT2D eigenvalue weighted by molar-refractivity contribution is 0.0612. The van der Waals surface area contributed by atoms with Crippen LogP contribution in [0.25, 0.3) is 11.4 Å². The fourth-order valence-corrected chi connectivity index (χ4v) is 2.87. The average molecular weight is 317 g/mol. The van der Waals surface area contributed by atoms with Gasteiger partial charge < -0.3 is 18.9 Å². The Balaban J connectivity index is 1.76. The Morgan fingerprint density at radius 1 is 1.35 bits per heavy atom. The fourth-order valence-electron chi connectivity index (χ4n) is 2.87. The molecule has 1 aromatic carbocycles. The van der Waals surface area contributed by atoms with Crippen molar-refractivity contribution >= 4 is 5.91 Å². The van der Waals surface area contributed by atoms with E-state index in [1.54, 1.807) is 26.4 Å². The number of ether oxygens (including phenoxy) is 2. The maximum atomic E-state index is 12.8. The van der Waals surface area contributed by atoms with E-state index in [4.69, 9.17) is 14.0 Å². The summed E-state index contributed by atoms with van der Waals surface area (Å²) in [6.07, 6.45) is 2.12. The van der Waals surface area contributed by atoms with Crippen molar-refractivity contribution in [2.75, 3.05) is 27.4 Å². The molecule has 7 heteroatoms. The van der Waals surface area contributed by atoms with Gasteiger partial charge in [0.25, 0.3) is 5.91 Å². The number of likely N-dealkylation sites (tertiary alicyclic amines) is 1. The molecule has 122 valence electrons. The molecule has 1 amide bonds. The van der Waals surface area contributed by atoms with Gasteiger partial charge in [-0.05, 0) is 18.6 Å². The molecule has 1 fully saturated rings. The molecule has 0 spiro atoms. The largest absolute Gasteiger partial charge is 0.383 e. The quantitative estimate of drug-likeness (QED) is 0.834. The standard InChI is InChI=1S/C16H19N3O4/c1-21-9-13-7-14(22-2)8-19(13)16(20)12-5-3-11(4-6-12)15-17-10-23-18-15/h3-6,10,13-14H,7-9H2,1-2H3/t13-,14+/m0/s1. The minimum absolute atomic E-state index is 0.0220. The van der Waals surface area contributed by atoms with Gasteiger partial charge in [-0.2, -0.15) is 4.98 Å². The molecule has 3 rings (SSSR count). The molecule has 0 N–H and O–H groups in total. The first kappa shape index (κ1) is 15.6. The first-order valence-electron chi connectivity index (χ1n) is 7.42. The molecule has 2 atom stereocenters. The second-order valence-corrected chi connectivity index (χ2v) is 5.49. The van der Waals surface area contributed by atoms with Crippen LogP contribution in [0.2, 0.25) is 0 Å². The maximum Gasteiger partial charge on any atom is 0.254 e. The molecule has 1 aromatic heterocycles. The number of hydrogen-bond donors (Lipinski definition) is 0. The van der Waals surface area contributed by atoms with Gasteiger partial charge in [0.05, 0.1) is 18.8 Å². The summed E-state index contributed by atoms with van der Waals surface area (Å²) in [5.41, 5.74) is 1.43. The summed E-state index contributed by atoms with van der Waals surface area (Å²) >= 11 is 0. The highest BCUT2D eigenvalue weighted by Crippen LogP contribution is 2.23. The second-order valence-electron chi connectivity index (χ2n) is 5.49. The van der Waals surface area contributed by atoms with E-state index in [0.717, 1.165) is 12.0 Å².